The Bertz CT molecular complexity index is 952. The summed E-state index contributed by atoms with van der Waals surface area (Å²) in [6, 6.07) is 14.5. The van der Waals surface area contributed by atoms with E-state index in [1.807, 2.05) is 30.3 Å². The quantitative estimate of drug-likeness (QED) is 0.694. The number of piperazine rings is 1. The highest BCUT2D eigenvalue weighted by Gasteiger charge is 2.24. The minimum absolute atomic E-state index is 0.129. The molecule has 1 aromatic heterocycles. The summed E-state index contributed by atoms with van der Waals surface area (Å²) in [5, 5.41) is 0.863. The van der Waals surface area contributed by atoms with Crippen molar-refractivity contribution in [3.05, 3.63) is 65.5 Å². The summed E-state index contributed by atoms with van der Waals surface area (Å²) in [6.07, 6.45) is 0. The second kappa shape index (κ2) is 7.44. The van der Waals surface area contributed by atoms with E-state index in [0.29, 0.717) is 37.3 Å². The van der Waals surface area contributed by atoms with Gasteiger partial charge in [-0.05, 0) is 24.6 Å². The van der Waals surface area contributed by atoms with Gasteiger partial charge in [-0.15, -0.1) is 0 Å². The molecule has 0 spiro atoms. The molecular weight excluding hydrogens is 363 g/mol. The number of hydrogen-bond donors (Lipinski definition) is 0. The molecule has 27 heavy (non-hydrogen) atoms. The van der Waals surface area contributed by atoms with Gasteiger partial charge in [0.2, 0.25) is 5.13 Å². The van der Waals surface area contributed by atoms with Gasteiger partial charge in [0.25, 0.3) is 5.91 Å². The van der Waals surface area contributed by atoms with Gasteiger partial charge in [-0.2, -0.15) is 9.36 Å². The van der Waals surface area contributed by atoms with E-state index in [4.69, 9.17) is 0 Å². The van der Waals surface area contributed by atoms with Gasteiger partial charge in [0, 0.05) is 48.8 Å². The van der Waals surface area contributed by atoms with Gasteiger partial charge in [-0.1, -0.05) is 36.4 Å². The fraction of sp³-hybridized carbons (Fsp3) is 0.250. The lowest BCUT2D eigenvalue weighted by Crippen LogP contribution is -2.48. The lowest BCUT2D eigenvalue weighted by Gasteiger charge is -2.34. The number of aromatic nitrogens is 2. The zero-order valence-corrected chi connectivity index (χ0v) is 15.7. The van der Waals surface area contributed by atoms with Crippen LogP contribution in [0.5, 0.6) is 0 Å². The van der Waals surface area contributed by atoms with E-state index in [9.17, 15) is 9.18 Å². The van der Waals surface area contributed by atoms with Crippen LogP contribution in [0.3, 0.4) is 0 Å². The minimum atomic E-state index is -0.346. The molecule has 1 saturated heterocycles. The molecule has 0 N–H and O–H groups in total. The summed E-state index contributed by atoms with van der Waals surface area (Å²) in [6.45, 7) is 4.21. The molecule has 138 valence electrons. The second-order valence-corrected chi connectivity index (χ2v) is 7.24. The highest BCUT2D eigenvalue weighted by Crippen LogP contribution is 2.25. The Kier molecular flexibility index (Phi) is 4.85. The zero-order chi connectivity index (χ0) is 18.8. The molecule has 0 aliphatic carbocycles. The first-order valence-corrected chi connectivity index (χ1v) is 9.58. The summed E-state index contributed by atoms with van der Waals surface area (Å²) < 4.78 is 18.2. The van der Waals surface area contributed by atoms with Crippen LogP contribution in [0.25, 0.3) is 11.4 Å². The Balaban J connectivity index is 1.41. The summed E-state index contributed by atoms with van der Waals surface area (Å²) in [5.41, 5.74) is 1.94. The van der Waals surface area contributed by atoms with Gasteiger partial charge in [-0.25, -0.2) is 4.39 Å². The van der Waals surface area contributed by atoms with Crippen molar-refractivity contribution in [1.82, 2.24) is 14.3 Å². The maximum absolute atomic E-state index is 13.7. The number of rotatable bonds is 3. The molecule has 1 aliphatic rings. The van der Waals surface area contributed by atoms with Crippen molar-refractivity contribution in [2.45, 2.75) is 6.92 Å². The highest BCUT2D eigenvalue weighted by molar-refractivity contribution is 7.09. The van der Waals surface area contributed by atoms with Crippen molar-refractivity contribution in [3.63, 3.8) is 0 Å². The number of hydrogen-bond acceptors (Lipinski definition) is 5. The van der Waals surface area contributed by atoms with Crippen LogP contribution in [0, 0.1) is 12.7 Å². The van der Waals surface area contributed by atoms with Crippen molar-refractivity contribution in [2.75, 3.05) is 31.1 Å². The fourth-order valence-corrected chi connectivity index (χ4v) is 3.80. The second-order valence-electron chi connectivity index (χ2n) is 6.51. The molecule has 4 rings (SSSR count). The molecule has 1 aliphatic heterocycles. The van der Waals surface area contributed by atoms with Crippen molar-refractivity contribution in [3.8, 4) is 11.4 Å². The van der Waals surface area contributed by atoms with Crippen molar-refractivity contribution >= 4 is 22.6 Å². The normalized spacial score (nSPS) is 14.4. The molecule has 1 fully saturated rings. The van der Waals surface area contributed by atoms with Crippen LogP contribution in [0.2, 0.25) is 0 Å². The first kappa shape index (κ1) is 17.6. The van der Waals surface area contributed by atoms with Gasteiger partial charge >= 0.3 is 0 Å². The molecule has 5 nitrogen and oxygen atoms in total. The van der Waals surface area contributed by atoms with Gasteiger partial charge in [0.05, 0.1) is 0 Å². The summed E-state index contributed by atoms with van der Waals surface area (Å²) in [4.78, 5) is 21.2. The standard InChI is InChI=1S/C20H19FN4OS/c1-14-7-8-16(13-17(14)21)19(26)24-9-11-25(12-10-24)20-22-18(23-27-20)15-5-3-2-4-6-15/h2-8,13H,9-12H2,1H3. The van der Waals surface area contributed by atoms with Crippen LogP contribution < -0.4 is 4.90 Å². The number of anilines is 1. The van der Waals surface area contributed by atoms with Crippen LogP contribution in [0.1, 0.15) is 15.9 Å². The molecule has 1 amide bonds. The SMILES string of the molecule is Cc1ccc(C(=O)N2CCN(c3nc(-c4ccccc4)ns3)CC2)cc1F. The smallest absolute Gasteiger partial charge is 0.254 e. The largest absolute Gasteiger partial charge is 0.343 e. The molecule has 0 unspecified atom stereocenters. The number of amides is 1. The average molecular weight is 382 g/mol. The maximum atomic E-state index is 13.7. The van der Waals surface area contributed by atoms with Crippen molar-refractivity contribution in [2.24, 2.45) is 0 Å². The van der Waals surface area contributed by atoms with E-state index < -0.39 is 0 Å². The Morgan fingerprint density at radius 1 is 1.07 bits per heavy atom. The van der Waals surface area contributed by atoms with E-state index in [0.717, 1.165) is 16.5 Å². The van der Waals surface area contributed by atoms with Crippen molar-refractivity contribution in [1.29, 1.82) is 0 Å². The number of carbonyl (C=O) groups is 1. The Hall–Kier alpha value is -2.80. The number of aryl methyl sites for hydroxylation is 1. The molecular formula is C20H19FN4OS. The molecule has 2 aromatic carbocycles. The highest BCUT2D eigenvalue weighted by atomic mass is 32.1. The first-order chi connectivity index (χ1) is 13.1. The predicted molar refractivity (Wildman–Crippen MR) is 105 cm³/mol. The zero-order valence-electron chi connectivity index (χ0n) is 14.9. The third kappa shape index (κ3) is 3.68. The monoisotopic (exact) mass is 382 g/mol. The molecule has 0 atom stereocenters. The molecule has 7 heteroatoms. The topological polar surface area (TPSA) is 49.3 Å². The number of carbonyl (C=O) groups excluding carboxylic acids is 1. The van der Waals surface area contributed by atoms with E-state index in [-0.39, 0.29) is 11.7 Å². The van der Waals surface area contributed by atoms with Gasteiger partial charge in [-0.3, -0.25) is 4.79 Å². The Morgan fingerprint density at radius 3 is 2.52 bits per heavy atom. The third-order valence-electron chi connectivity index (χ3n) is 4.70. The summed E-state index contributed by atoms with van der Waals surface area (Å²) in [5.74, 6) is 0.252. The number of halogens is 1. The van der Waals surface area contributed by atoms with Crippen LogP contribution in [0.4, 0.5) is 9.52 Å². The number of benzene rings is 2. The Morgan fingerprint density at radius 2 is 1.81 bits per heavy atom. The molecule has 2 heterocycles. The molecule has 0 radical (unpaired) electrons. The Labute approximate surface area is 161 Å². The molecule has 0 saturated carbocycles. The van der Waals surface area contributed by atoms with Crippen LogP contribution >= 0.6 is 11.5 Å². The van der Waals surface area contributed by atoms with E-state index in [2.05, 4.69) is 14.3 Å². The predicted octanol–water partition coefficient (Wildman–Crippen LogP) is 3.62. The van der Waals surface area contributed by atoms with E-state index in [1.165, 1.54) is 17.6 Å². The van der Waals surface area contributed by atoms with Crippen LogP contribution in [-0.4, -0.2) is 46.3 Å². The van der Waals surface area contributed by atoms with Crippen LogP contribution in [0.15, 0.2) is 48.5 Å². The third-order valence-corrected chi connectivity index (χ3v) is 5.48. The maximum Gasteiger partial charge on any atom is 0.254 e. The summed E-state index contributed by atoms with van der Waals surface area (Å²) in [7, 11) is 0. The van der Waals surface area contributed by atoms with E-state index in [1.54, 1.807) is 24.0 Å². The fourth-order valence-electron chi connectivity index (χ4n) is 3.06. The van der Waals surface area contributed by atoms with Gasteiger partial charge in [0.15, 0.2) is 5.82 Å². The average Bonchev–Trinajstić information content (AvgIpc) is 3.21. The van der Waals surface area contributed by atoms with Crippen molar-refractivity contribution < 1.29 is 9.18 Å². The lowest BCUT2D eigenvalue weighted by molar-refractivity contribution is 0.0746. The van der Waals surface area contributed by atoms with Crippen LogP contribution in [-0.2, 0) is 0 Å². The van der Waals surface area contributed by atoms with Gasteiger partial charge in [0.1, 0.15) is 5.82 Å². The molecule has 0 bridgehead atoms. The molecule has 3 aromatic rings. The first-order valence-electron chi connectivity index (χ1n) is 8.81. The number of nitrogens with zero attached hydrogens (tertiary/aromatic N) is 4. The summed E-state index contributed by atoms with van der Waals surface area (Å²) >= 11 is 1.37. The van der Waals surface area contributed by atoms with E-state index >= 15 is 0 Å². The minimum Gasteiger partial charge on any atom is -0.343 e. The van der Waals surface area contributed by atoms with Gasteiger partial charge < -0.3 is 9.80 Å². The lowest BCUT2D eigenvalue weighted by atomic mass is 10.1.